The van der Waals surface area contributed by atoms with E-state index in [1.807, 2.05) is 0 Å². The monoisotopic (exact) mass is 274 g/mol. The SMILES string of the molecule is CC(=O)c1c[nH]c(=O)n(-c2ccc3c(c2)OCO3)c1=O. The third-order valence-electron chi connectivity index (χ3n) is 2.97. The highest BCUT2D eigenvalue weighted by molar-refractivity contribution is 5.93. The van der Waals surface area contributed by atoms with Crippen molar-refractivity contribution in [1.29, 1.82) is 0 Å². The lowest BCUT2D eigenvalue weighted by molar-refractivity contribution is 0.101. The highest BCUT2D eigenvalue weighted by atomic mass is 16.7. The summed E-state index contributed by atoms with van der Waals surface area (Å²) >= 11 is 0. The van der Waals surface area contributed by atoms with Gasteiger partial charge in [-0.1, -0.05) is 0 Å². The molecule has 7 nitrogen and oxygen atoms in total. The van der Waals surface area contributed by atoms with Crippen molar-refractivity contribution in [3.05, 3.63) is 50.8 Å². The fourth-order valence-electron chi connectivity index (χ4n) is 1.98. The van der Waals surface area contributed by atoms with Gasteiger partial charge in [0.25, 0.3) is 5.56 Å². The van der Waals surface area contributed by atoms with E-state index in [1.165, 1.54) is 13.0 Å². The van der Waals surface area contributed by atoms with Crippen LogP contribution in [0.25, 0.3) is 5.69 Å². The minimum atomic E-state index is -0.667. The van der Waals surface area contributed by atoms with Gasteiger partial charge in [-0.3, -0.25) is 9.59 Å². The van der Waals surface area contributed by atoms with E-state index >= 15 is 0 Å². The van der Waals surface area contributed by atoms with E-state index in [1.54, 1.807) is 12.1 Å². The summed E-state index contributed by atoms with van der Waals surface area (Å²) in [4.78, 5) is 37.8. The molecule has 1 aliphatic rings. The third kappa shape index (κ3) is 1.80. The van der Waals surface area contributed by atoms with Crippen molar-refractivity contribution in [3.8, 4) is 17.2 Å². The first-order valence-corrected chi connectivity index (χ1v) is 5.83. The molecule has 0 spiro atoms. The first kappa shape index (κ1) is 12.2. The van der Waals surface area contributed by atoms with Gasteiger partial charge in [0.15, 0.2) is 17.3 Å². The summed E-state index contributed by atoms with van der Waals surface area (Å²) in [5, 5.41) is 0. The quantitative estimate of drug-likeness (QED) is 0.803. The summed E-state index contributed by atoms with van der Waals surface area (Å²) in [6.45, 7) is 1.36. The molecule has 2 heterocycles. The van der Waals surface area contributed by atoms with Crippen LogP contribution in [-0.4, -0.2) is 22.1 Å². The zero-order chi connectivity index (χ0) is 14.3. The average molecular weight is 274 g/mol. The predicted octanol–water partition coefficient (Wildman–Crippen LogP) is 0.457. The van der Waals surface area contributed by atoms with Crippen molar-refractivity contribution in [2.24, 2.45) is 0 Å². The van der Waals surface area contributed by atoms with Crippen molar-refractivity contribution in [2.75, 3.05) is 6.79 Å². The Hall–Kier alpha value is -2.83. The Morgan fingerprint density at radius 1 is 1.25 bits per heavy atom. The lowest BCUT2D eigenvalue weighted by Gasteiger charge is -2.06. The molecule has 3 rings (SSSR count). The molecule has 0 saturated heterocycles. The largest absolute Gasteiger partial charge is 0.454 e. The van der Waals surface area contributed by atoms with Crippen molar-refractivity contribution in [2.45, 2.75) is 6.92 Å². The number of carbonyl (C=O) groups is 1. The molecule has 1 aliphatic heterocycles. The summed E-state index contributed by atoms with van der Waals surface area (Å²) in [5.74, 6) is 0.573. The molecule has 1 aromatic heterocycles. The molecule has 1 N–H and O–H groups in total. The Bertz CT molecular complexity index is 818. The van der Waals surface area contributed by atoms with Gasteiger partial charge in [-0.2, -0.15) is 0 Å². The van der Waals surface area contributed by atoms with Crippen LogP contribution < -0.4 is 20.7 Å². The van der Waals surface area contributed by atoms with Gasteiger partial charge in [-0.25, -0.2) is 9.36 Å². The second-order valence-corrected chi connectivity index (χ2v) is 4.24. The zero-order valence-corrected chi connectivity index (χ0v) is 10.5. The molecular weight excluding hydrogens is 264 g/mol. The number of fused-ring (bicyclic) bond motifs is 1. The van der Waals surface area contributed by atoms with Gasteiger partial charge in [0.05, 0.1) is 11.3 Å². The number of aromatic amines is 1. The van der Waals surface area contributed by atoms with Crippen LogP contribution in [0.3, 0.4) is 0 Å². The first-order chi connectivity index (χ1) is 9.58. The number of ether oxygens (including phenoxy) is 2. The summed E-state index contributed by atoms with van der Waals surface area (Å²) in [6, 6.07) is 4.67. The highest BCUT2D eigenvalue weighted by Gasteiger charge is 2.17. The molecule has 7 heteroatoms. The van der Waals surface area contributed by atoms with Gasteiger partial charge in [-0.15, -0.1) is 0 Å². The number of aromatic nitrogens is 2. The lowest BCUT2D eigenvalue weighted by Crippen LogP contribution is -2.36. The minimum absolute atomic E-state index is 0.0812. The Labute approximate surface area is 112 Å². The molecule has 2 aromatic rings. The summed E-state index contributed by atoms with van der Waals surface area (Å²) < 4.78 is 11.3. The van der Waals surface area contributed by atoms with E-state index in [9.17, 15) is 14.4 Å². The standard InChI is InChI=1S/C13H10N2O5/c1-7(16)9-5-14-13(18)15(12(9)17)8-2-3-10-11(4-8)20-6-19-10/h2-5H,6H2,1H3,(H,14,18). The van der Waals surface area contributed by atoms with Gasteiger partial charge in [0.1, 0.15) is 0 Å². The predicted molar refractivity (Wildman–Crippen MR) is 68.8 cm³/mol. The van der Waals surface area contributed by atoms with Gasteiger partial charge in [0, 0.05) is 12.3 Å². The van der Waals surface area contributed by atoms with E-state index in [-0.39, 0.29) is 12.4 Å². The highest BCUT2D eigenvalue weighted by Crippen LogP contribution is 2.33. The summed E-state index contributed by atoms with van der Waals surface area (Å²) in [6.07, 6.45) is 1.12. The van der Waals surface area contributed by atoms with E-state index in [0.29, 0.717) is 17.2 Å². The maximum Gasteiger partial charge on any atom is 0.333 e. The molecule has 1 aromatic carbocycles. The Balaban J connectivity index is 2.25. The van der Waals surface area contributed by atoms with Crippen LogP contribution in [0.2, 0.25) is 0 Å². The summed E-state index contributed by atoms with van der Waals surface area (Å²) in [7, 11) is 0. The number of Topliss-reactive ketones (excluding diaryl/α,β-unsaturated/α-hetero) is 1. The smallest absolute Gasteiger partial charge is 0.333 e. The fraction of sp³-hybridized carbons (Fsp3) is 0.154. The van der Waals surface area contributed by atoms with Crippen LogP contribution in [0.4, 0.5) is 0 Å². The zero-order valence-electron chi connectivity index (χ0n) is 10.5. The maximum absolute atomic E-state index is 12.2. The van der Waals surface area contributed by atoms with Crippen LogP contribution in [0.15, 0.2) is 34.0 Å². The van der Waals surface area contributed by atoms with Crippen LogP contribution in [-0.2, 0) is 0 Å². The molecule has 20 heavy (non-hydrogen) atoms. The Kier molecular flexibility index (Phi) is 2.67. The molecule has 0 amide bonds. The van der Waals surface area contributed by atoms with E-state index in [0.717, 1.165) is 10.8 Å². The van der Waals surface area contributed by atoms with Gasteiger partial charge in [-0.05, 0) is 19.1 Å². The number of H-pyrrole nitrogens is 1. The maximum atomic E-state index is 12.2. The lowest BCUT2D eigenvalue weighted by atomic mass is 10.2. The molecule has 0 atom stereocenters. The summed E-state index contributed by atoms with van der Waals surface area (Å²) in [5.41, 5.74) is -1.06. The van der Waals surface area contributed by atoms with E-state index in [2.05, 4.69) is 4.98 Å². The molecule has 0 saturated carbocycles. The van der Waals surface area contributed by atoms with Crippen LogP contribution in [0.5, 0.6) is 11.5 Å². The number of benzene rings is 1. The van der Waals surface area contributed by atoms with Gasteiger partial charge >= 0.3 is 5.69 Å². The number of carbonyl (C=O) groups excluding carboxylic acids is 1. The number of hydrogen-bond donors (Lipinski definition) is 1. The second kappa shape index (κ2) is 4.37. The van der Waals surface area contributed by atoms with E-state index in [4.69, 9.17) is 9.47 Å². The Morgan fingerprint density at radius 2 is 2.00 bits per heavy atom. The topological polar surface area (TPSA) is 90.4 Å². The van der Waals surface area contributed by atoms with Gasteiger partial charge in [0.2, 0.25) is 6.79 Å². The minimum Gasteiger partial charge on any atom is -0.454 e. The van der Waals surface area contributed by atoms with Crippen LogP contribution >= 0.6 is 0 Å². The number of nitrogens with one attached hydrogen (secondary N) is 1. The Morgan fingerprint density at radius 3 is 2.75 bits per heavy atom. The number of hydrogen-bond acceptors (Lipinski definition) is 5. The van der Waals surface area contributed by atoms with E-state index < -0.39 is 17.0 Å². The van der Waals surface area contributed by atoms with Crippen molar-refractivity contribution < 1.29 is 14.3 Å². The third-order valence-corrected chi connectivity index (χ3v) is 2.97. The fourth-order valence-corrected chi connectivity index (χ4v) is 1.98. The molecule has 0 radical (unpaired) electrons. The molecule has 0 bridgehead atoms. The number of nitrogens with zero attached hydrogens (tertiary/aromatic N) is 1. The van der Waals surface area contributed by atoms with Crippen molar-refractivity contribution in [1.82, 2.24) is 9.55 Å². The second-order valence-electron chi connectivity index (χ2n) is 4.24. The number of rotatable bonds is 2. The molecule has 0 unspecified atom stereocenters. The molecular formula is C13H10N2O5. The van der Waals surface area contributed by atoms with Crippen molar-refractivity contribution >= 4 is 5.78 Å². The van der Waals surface area contributed by atoms with Crippen LogP contribution in [0.1, 0.15) is 17.3 Å². The average Bonchev–Trinajstić information content (AvgIpc) is 2.85. The van der Waals surface area contributed by atoms with Crippen molar-refractivity contribution in [3.63, 3.8) is 0 Å². The van der Waals surface area contributed by atoms with Crippen LogP contribution in [0, 0.1) is 0 Å². The first-order valence-electron chi connectivity index (χ1n) is 5.83. The molecule has 0 aliphatic carbocycles. The molecule has 0 fully saturated rings. The van der Waals surface area contributed by atoms with Gasteiger partial charge < -0.3 is 14.5 Å². The molecule has 102 valence electrons. The number of ketones is 1. The normalized spacial score (nSPS) is 12.4.